The Bertz CT molecular complexity index is 935. The van der Waals surface area contributed by atoms with Gasteiger partial charge >= 0.3 is 0 Å². The molecule has 29 heavy (non-hydrogen) atoms. The molecule has 0 fully saturated rings. The summed E-state index contributed by atoms with van der Waals surface area (Å²) >= 11 is 0. The normalized spacial score (nSPS) is 20.2. The van der Waals surface area contributed by atoms with Crippen molar-refractivity contribution in [3.05, 3.63) is 59.7 Å². The van der Waals surface area contributed by atoms with E-state index in [2.05, 4.69) is 17.4 Å². The van der Waals surface area contributed by atoms with Gasteiger partial charge in [-0.2, -0.15) is 0 Å². The van der Waals surface area contributed by atoms with Gasteiger partial charge in [0.25, 0.3) is 0 Å². The van der Waals surface area contributed by atoms with Gasteiger partial charge in [-0.05, 0) is 38.4 Å². The number of nitrogens with one attached hydrogen (secondary N) is 1. The van der Waals surface area contributed by atoms with Crippen LogP contribution in [-0.2, 0) is 16.4 Å². The number of sulfonamides is 1. The molecule has 0 saturated heterocycles. The average Bonchev–Trinajstić information content (AvgIpc) is 2.63. The van der Waals surface area contributed by atoms with Crippen LogP contribution in [0.2, 0.25) is 0 Å². The maximum Gasteiger partial charge on any atom is 0.231 e. The van der Waals surface area contributed by atoms with Gasteiger partial charge in [-0.25, -0.2) is 8.42 Å². The molecule has 0 aliphatic carbocycles. The number of aliphatic hydroxyl groups is 1. The summed E-state index contributed by atoms with van der Waals surface area (Å²) in [6.45, 7) is 4.37. The van der Waals surface area contributed by atoms with Crippen LogP contribution in [0.5, 0.6) is 5.75 Å². The molecule has 8 heteroatoms. The van der Waals surface area contributed by atoms with Gasteiger partial charge in [-0.15, -0.1) is 12.4 Å². The van der Waals surface area contributed by atoms with Crippen molar-refractivity contribution in [3.63, 3.8) is 0 Å². The van der Waals surface area contributed by atoms with Gasteiger partial charge in [0, 0.05) is 18.7 Å². The van der Waals surface area contributed by atoms with E-state index in [1.54, 1.807) is 12.1 Å². The largest absolute Gasteiger partial charge is 0.485 e. The van der Waals surface area contributed by atoms with Gasteiger partial charge in [0.15, 0.2) is 0 Å². The molecular weight excluding hydrogens is 412 g/mol. The highest BCUT2D eigenvalue weighted by Gasteiger charge is 2.42. The highest BCUT2D eigenvalue weighted by atomic mass is 35.5. The molecule has 0 spiro atoms. The molecule has 2 aromatic carbocycles. The number of anilines is 1. The number of fused-ring (bicyclic) bond motifs is 1. The van der Waals surface area contributed by atoms with Crippen LogP contribution < -0.4 is 14.4 Å². The number of benzene rings is 2. The molecule has 0 aromatic heterocycles. The van der Waals surface area contributed by atoms with Gasteiger partial charge in [0.1, 0.15) is 17.5 Å². The molecule has 0 saturated carbocycles. The average molecular weight is 441 g/mol. The summed E-state index contributed by atoms with van der Waals surface area (Å²) < 4.78 is 30.9. The second-order valence-corrected chi connectivity index (χ2v) is 9.78. The van der Waals surface area contributed by atoms with E-state index in [9.17, 15) is 13.5 Å². The van der Waals surface area contributed by atoms with Crippen molar-refractivity contribution in [1.82, 2.24) is 5.32 Å². The van der Waals surface area contributed by atoms with Gasteiger partial charge < -0.3 is 15.2 Å². The summed E-state index contributed by atoms with van der Waals surface area (Å²) in [4.78, 5) is 0. The van der Waals surface area contributed by atoms with Crippen LogP contribution in [-0.4, -0.2) is 45.1 Å². The number of ether oxygens (including phenoxy) is 1. The Morgan fingerprint density at radius 1 is 1.17 bits per heavy atom. The molecule has 0 bridgehead atoms. The lowest BCUT2D eigenvalue weighted by Gasteiger charge is -2.42. The van der Waals surface area contributed by atoms with Crippen LogP contribution in [0.25, 0.3) is 0 Å². The lowest BCUT2D eigenvalue weighted by atomic mass is 9.86. The van der Waals surface area contributed by atoms with Crippen molar-refractivity contribution in [3.8, 4) is 5.75 Å². The van der Waals surface area contributed by atoms with Gasteiger partial charge in [-0.3, -0.25) is 4.31 Å². The van der Waals surface area contributed by atoms with E-state index in [4.69, 9.17) is 4.74 Å². The summed E-state index contributed by atoms with van der Waals surface area (Å²) in [5.74, 6) is 0.584. The SMILES string of the molecule is CN(c1ccc2c(c1)OC(C)(C)[C@H](O)[C@H]2NCCc1ccccc1)S(C)(=O)=O.Cl. The van der Waals surface area contributed by atoms with Crippen molar-refractivity contribution in [2.45, 2.75) is 38.0 Å². The van der Waals surface area contributed by atoms with Crippen molar-refractivity contribution < 1.29 is 18.3 Å². The third kappa shape index (κ3) is 5.22. The number of hydrogen-bond donors (Lipinski definition) is 2. The first-order valence-corrected chi connectivity index (χ1v) is 11.2. The highest BCUT2D eigenvalue weighted by molar-refractivity contribution is 7.92. The lowest BCUT2D eigenvalue weighted by Crippen LogP contribution is -2.52. The fourth-order valence-corrected chi connectivity index (χ4v) is 3.91. The smallest absolute Gasteiger partial charge is 0.231 e. The molecular formula is C21H29ClN2O4S. The van der Waals surface area contributed by atoms with Gasteiger partial charge in [-0.1, -0.05) is 36.4 Å². The molecule has 2 atom stereocenters. The number of rotatable bonds is 6. The molecule has 1 aliphatic rings. The standard InChI is InChI=1S/C21H28N2O4S.ClH/c1-21(2)20(24)19(22-13-12-15-8-6-5-7-9-15)17-11-10-16(14-18(17)27-21)23(3)28(4,25)26;/h5-11,14,19-20,22,24H,12-13H2,1-4H3;1H/t19-,20+;/m0./s1. The first-order chi connectivity index (χ1) is 13.1. The van der Waals surface area contributed by atoms with E-state index in [-0.39, 0.29) is 18.4 Å². The summed E-state index contributed by atoms with van der Waals surface area (Å²) in [5.41, 5.74) is 1.77. The van der Waals surface area contributed by atoms with Gasteiger partial charge in [0.2, 0.25) is 10.0 Å². The third-order valence-corrected chi connectivity index (χ3v) is 6.42. The van der Waals surface area contributed by atoms with Crippen molar-refractivity contribution in [2.75, 3.05) is 24.2 Å². The van der Waals surface area contributed by atoms with E-state index in [1.807, 2.05) is 38.1 Å². The Balaban J connectivity index is 0.00000300. The molecule has 2 N–H and O–H groups in total. The zero-order valence-corrected chi connectivity index (χ0v) is 18.8. The minimum atomic E-state index is -3.37. The molecule has 6 nitrogen and oxygen atoms in total. The minimum Gasteiger partial charge on any atom is -0.485 e. The first kappa shape index (κ1) is 23.5. The third-order valence-electron chi connectivity index (χ3n) is 5.22. The summed E-state index contributed by atoms with van der Waals surface area (Å²) in [7, 11) is -1.86. The Labute approximate surface area is 179 Å². The fourth-order valence-electron chi connectivity index (χ4n) is 3.41. The quantitative estimate of drug-likeness (QED) is 0.722. The topological polar surface area (TPSA) is 78.9 Å². The second-order valence-electron chi connectivity index (χ2n) is 7.77. The van der Waals surface area contributed by atoms with E-state index in [1.165, 1.54) is 16.9 Å². The summed E-state index contributed by atoms with van der Waals surface area (Å²) in [6.07, 6.45) is 1.26. The minimum absolute atomic E-state index is 0. The molecule has 2 aromatic rings. The fraction of sp³-hybridized carbons (Fsp3) is 0.429. The monoisotopic (exact) mass is 440 g/mol. The van der Waals surface area contributed by atoms with E-state index >= 15 is 0 Å². The molecule has 3 rings (SSSR count). The van der Waals surface area contributed by atoms with Crippen LogP contribution >= 0.6 is 12.4 Å². The summed E-state index contributed by atoms with van der Waals surface area (Å²) in [6, 6.07) is 15.1. The predicted octanol–water partition coefficient (Wildman–Crippen LogP) is 2.91. The van der Waals surface area contributed by atoms with Crippen LogP contribution in [0.4, 0.5) is 5.69 Å². The van der Waals surface area contributed by atoms with Crippen LogP contribution in [0.3, 0.4) is 0 Å². The highest BCUT2D eigenvalue weighted by Crippen LogP contribution is 2.41. The number of nitrogens with zero attached hydrogens (tertiary/aromatic N) is 1. The van der Waals surface area contributed by atoms with Crippen LogP contribution in [0.1, 0.15) is 31.0 Å². The Morgan fingerprint density at radius 2 is 1.83 bits per heavy atom. The van der Waals surface area contributed by atoms with Crippen LogP contribution in [0.15, 0.2) is 48.5 Å². The first-order valence-electron chi connectivity index (χ1n) is 9.32. The molecule has 160 valence electrons. The zero-order chi connectivity index (χ0) is 20.5. The zero-order valence-electron chi connectivity index (χ0n) is 17.1. The Morgan fingerprint density at radius 3 is 2.45 bits per heavy atom. The molecule has 0 unspecified atom stereocenters. The maximum atomic E-state index is 11.9. The molecule has 1 aliphatic heterocycles. The van der Waals surface area contributed by atoms with E-state index in [0.717, 1.165) is 18.2 Å². The van der Waals surface area contributed by atoms with Crippen molar-refractivity contribution in [1.29, 1.82) is 0 Å². The Kier molecular flexibility index (Phi) is 7.22. The van der Waals surface area contributed by atoms with Crippen LogP contribution in [0, 0.1) is 0 Å². The molecule has 0 amide bonds. The van der Waals surface area contributed by atoms with E-state index in [0.29, 0.717) is 18.0 Å². The Hall–Kier alpha value is -1.80. The van der Waals surface area contributed by atoms with Gasteiger partial charge in [0.05, 0.1) is 18.0 Å². The summed E-state index contributed by atoms with van der Waals surface area (Å²) in [5, 5.41) is 14.3. The number of halogens is 1. The number of aliphatic hydroxyl groups excluding tert-OH is 1. The van der Waals surface area contributed by atoms with E-state index < -0.39 is 21.7 Å². The predicted molar refractivity (Wildman–Crippen MR) is 119 cm³/mol. The van der Waals surface area contributed by atoms with Crippen molar-refractivity contribution >= 4 is 28.1 Å². The maximum absolute atomic E-state index is 11.9. The number of hydrogen-bond acceptors (Lipinski definition) is 5. The lowest BCUT2D eigenvalue weighted by molar-refractivity contribution is -0.0643. The van der Waals surface area contributed by atoms with Crippen molar-refractivity contribution in [2.24, 2.45) is 0 Å². The molecule has 0 radical (unpaired) electrons. The second kappa shape index (κ2) is 8.92. The molecule has 1 heterocycles.